The van der Waals surface area contributed by atoms with Crippen molar-refractivity contribution < 1.29 is 9.31 Å². The normalized spacial score (nSPS) is 12.0. The number of nitro benzene ring substituents is 1. The van der Waals surface area contributed by atoms with Gasteiger partial charge in [0.05, 0.1) is 21.5 Å². The van der Waals surface area contributed by atoms with Crippen molar-refractivity contribution in [3.05, 3.63) is 68.4 Å². The first kappa shape index (κ1) is 15.4. The molecule has 2 aromatic carbocycles. The zero-order valence-electron chi connectivity index (χ0n) is 11.3. The molecule has 0 aliphatic carbocycles. The molecular formula is C15H14BrFN2O2. The lowest BCUT2D eigenvalue weighted by Gasteiger charge is -2.19. The van der Waals surface area contributed by atoms with Crippen LogP contribution in [-0.2, 0) is 0 Å². The average molecular weight is 353 g/mol. The van der Waals surface area contributed by atoms with E-state index in [9.17, 15) is 14.5 Å². The molecule has 1 atom stereocenters. The molecule has 0 fully saturated rings. The van der Waals surface area contributed by atoms with Gasteiger partial charge in [0, 0.05) is 0 Å². The second-order valence-corrected chi connectivity index (χ2v) is 5.41. The fraction of sp³-hybridized carbons (Fsp3) is 0.200. The molecule has 1 unspecified atom stereocenters. The maximum absolute atomic E-state index is 13.5. The van der Waals surface area contributed by atoms with Crippen molar-refractivity contribution in [1.29, 1.82) is 0 Å². The fourth-order valence-electron chi connectivity index (χ4n) is 2.10. The number of hydrogen-bond acceptors (Lipinski definition) is 3. The molecule has 0 aliphatic heterocycles. The molecule has 0 heterocycles. The number of benzene rings is 2. The summed E-state index contributed by atoms with van der Waals surface area (Å²) in [6.07, 6.45) is 0.746. The standard InChI is InChI=1S/C15H14BrFN2O2/c1-2-13(10-6-4-3-5-7-10)18-14-8-11(16)12(17)9-15(14)19(20)21/h3-9,13,18H,2H2,1H3. The van der Waals surface area contributed by atoms with Gasteiger partial charge in [0.25, 0.3) is 5.69 Å². The van der Waals surface area contributed by atoms with Gasteiger partial charge < -0.3 is 5.32 Å². The molecule has 1 N–H and O–H groups in total. The van der Waals surface area contributed by atoms with E-state index < -0.39 is 10.7 Å². The summed E-state index contributed by atoms with van der Waals surface area (Å²) in [4.78, 5) is 10.5. The van der Waals surface area contributed by atoms with Crippen LogP contribution in [0.5, 0.6) is 0 Å². The minimum Gasteiger partial charge on any atom is -0.373 e. The molecule has 0 saturated carbocycles. The van der Waals surface area contributed by atoms with Crippen LogP contribution in [0.2, 0.25) is 0 Å². The van der Waals surface area contributed by atoms with Crippen LogP contribution in [0.25, 0.3) is 0 Å². The quantitative estimate of drug-likeness (QED) is 0.604. The Morgan fingerprint density at radius 3 is 2.57 bits per heavy atom. The number of rotatable bonds is 5. The summed E-state index contributed by atoms with van der Waals surface area (Å²) in [5.41, 5.74) is 1.05. The second kappa shape index (κ2) is 6.67. The Balaban J connectivity index is 2.37. The number of nitro groups is 1. The van der Waals surface area contributed by atoms with E-state index in [4.69, 9.17) is 0 Å². The molecule has 0 spiro atoms. The van der Waals surface area contributed by atoms with Crippen LogP contribution in [0.15, 0.2) is 46.9 Å². The van der Waals surface area contributed by atoms with Crippen molar-refractivity contribution >= 4 is 27.3 Å². The number of halogens is 2. The molecule has 0 aromatic heterocycles. The number of nitrogens with one attached hydrogen (secondary N) is 1. The molecule has 0 aliphatic rings. The molecule has 6 heteroatoms. The molecule has 0 bridgehead atoms. The lowest BCUT2D eigenvalue weighted by molar-refractivity contribution is -0.384. The highest BCUT2D eigenvalue weighted by molar-refractivity contribution is 9.10. The van der Waals surface area contributed by atoms with Crippen LogP contribution in [0, 0.1) is 15.9 Å². The maximum Gasteiger partial charge on any atom is 0.295 e. The number of anilines is 1. The van der Waals surface area contributed by atoms with Gasteiger partial charge in [0.1, 0.15) is 11.5 Å². The lowest BCUT2D eigenvalue weighted by atomic mass is 10.0. The third-order valence-electron chi connectivity index (χ3n) is 3.18. The first-order valence-corrected chi connectivity index (χ1v) is 7.27. The molecule has 0 amide bonds. The van der Waals surface area contributed by atoms with E-state index in [1.54, 1.807) is 0 Å². The highest BCUT2D eigenvalue weighted by Gasteiger charge is 2.20. The summed E-state index contributed by atoms with van der Waals surface area (Å²) >= 11 is 3.06. The van der Waals surface area contributed by atoms with Gasteiger partial charge in [-0.25, -0.2) is 4.39 Å². The molecule has 4 nitrogen and oxygen atoms in total. The SMILES string of the molecule is CCC(Nc1cc(Br)c(F)cc1[N+](=O)[O-])c1ccccc1. The second-order valence-electron chi connectivity index (χ2n) is 4.56. The average Bonchev–Trinajstić information content (AvgIpc) is 2.48. The topological polar surface area (TPSA) is 55.2 Å². The number of hydrogen-bond donors (Lipinski definition) is 1. The van der Waals surface area contributed by atoms with E-state index in [0.29, 0.717) is 5.69 Å². The van der Waals surface area contributed by atoms with Crippen LogP contribution in [0.1, 0.15) is 24.9 Å². The molecule has 2 aromatic rings. The largest absolute Gasteiger partial charge is 0.373 e. The van der Waals surface area contributed by atoms with Crippen LogP contribution in [0.4, 0.5) is 15.8 Å². The van der Waals surface area contributed by atoms with Crippen LogP contribution in [-0.4, -0.2) is 4.92 Å². The van der Waals surface area contributed by atoms with Crippen molar-refractivity contribution in [3.8, 4) is 0 Å². The Morgan fingerprint density at radius 2 is 2.00 bits per heavy atom. The molecule has 0 saturated heterocycles. The number of nitrogens with zero attached hydrogens (tertiary/aromatic N) is 1. The lowest BCUT2D eigenvalue weighted by Crippen LogP contribution is -2.11. The van der Waals surface area contributed by atoms with Crippen molar-refractivity contribution in [1.82, 2.24) is 0 Å². The van der Waals surface area contributed by atoms with Gasteiger partial charge in [-0.2, -0.15) is 0 Å². The highest BCUT2D eigenvalue weighted by atomic mass is 79.9. The molecular weight excluding hydrogens is 339 g/mol. The Bertz CT molecular complexity index is 650. The van der Waals surface area contributed by atoms with Crippen LogP contribution >= 0.6 is 15.9 Å². The van der Waals surface area contributed by atoms with Gasteiger partial charge in [-0.05, 0) is 34.0 Å². The molecule has 0 radical (unpaired) electrons. The Kier molecular flexibility index (Phi) is 4.90. The minimum atomic E-state index is -0.653. The fourth-order valence-corrected chi connectivity index (χ4v) is 2.44. The predicted octanol–water partition coefficient (Wildman–Crippen LogP) is 5.06. The van der Waals surface area contributed by atoms with Gasteiger partial charge in [-0.3, -0.25) is 10.1 Å². The molecule has 21 heavy (non-hydrogen) atoms. The van der Waals surface area contributed by atoms with Gasteiger partial charge >= 0.3 is 0 Å². The summed E-state index contributed by atoms with van der Waals surface area (Å²) in [6.45, 7) is 1.98. The summed E-state index contributed by atoms with van der Waals surface area (Å²) in [7, 11) is 0. The van der Waals surface area contributed by atoms with Crippen molar-refractivity contribution in [2.75, 3.05) is 5.32 Å². The van der Waals surface area contributed by atoms with Crippen molar-refractivity contribution in [2.45, 2.75) is 19.4 Å². The van der Waals surface area contributed by atoms with Crippen LogP contribution < -0.4 is 5.32 Å². The zero-order chi connectivity index (χ0) is 15.4. The van der Waals surface area contributed by atoms with Gasteiger partial charge in [0.15, 0.2) is 0 Å². The predicted molar refractivity (Wildman–Crippen MR) is 83.9 cm³/mol. The summed E-state index contributed by atoms with van der Waals surface area (Å²) < 4.78 is 13.7. The molecule has 110 valence electrons. The maximum atomic E-state index is 13.5. The molecule has 2 rings (SSSR count). The monoisotopic (exact) mass is 352 g/mol. The summed E-state index contributed by atoms with van der Waals surface area (Å²) in [5, 5.41) is 14.2. The van der Waals surface area contributed by atoms with E-state index in [1.807, 2.05) is 37.3 Å². The first-order valence-electron chi connectivity index (χ1n) is 6.47. The smallest absolute Gasteiger partial charge is 0.295 e. The Hall–Kier alpha value is -1.95. The minimum absolute atomic E-state index is 0.0812. The summed E-state index contributed by atoms with van der Waals surface area (Å²) in [5.74, 6) is -0.653. The summed E-state index contributed by atoms with van der Waals surface area (Å²) in [6, 6.07) is 11.9. The van der Waals surface area contributed by atoms with Crippen molar-refractivity contribution in [2.24, 2.45) is 0 Å². The third kappa shape index (κ3) is 3.58. The Morgan fingerprint density at radius 1 is 1.33 bits per heavy atom. The van der Waals surface area contributed by atoms with E-state index >= 15 is 0 Å². The van der Waals surface area contributed by atoms with Gasteiger partial charge in [-0.1, -0.05) is 37.3 Å². The van der Waals surface area contributed by atoms with Gasteiger partial charge in [-0.15, -0.1) is 0 Å². The highest BCUT2D eigenvalue weighted by Crippen LogP contribution is 2.33. The van der Waals surface area contributed by atoms with E-state index in [1.165, 1.54) is 6.07 Å². The van der Waals surface area contributed by atoms with E-state index in [0.717, 1.165) is 18.1 Å². The third-order valence-corrected chi connectivity index (χ3v) is 3.78. The van der Waals surface area contributed by atoms with Crippen molar-refractivity contribution in [3.63, 3.8) is 0 Å². The van der Waals surface area contributed by atoms with Gasteiger partial charge in [0.2, 0.25) is 0 Å². The van der Waals surface area contributed by atoms with E-state index in [-0.39, 0.29) is 16.2 Å². The zero-order valence-corrected chi connectivity index (χ0v) is 12.9. The first-order chi connectivity index (χ1) is 10.0. The van der Waals surface area contributed by atoms with Crippen LogP contribution in [0.3, 0.4) is 0 Å². The van der Waals surface area contributed by atoms with E-state index in [2.05, 4.69) is 21.2 Å². The Labute approximate surface area is 130 Å².